The fraction of sp³-hybridized carbons (Fsp3) is 0.438. The third-order valence-electron chi connectivity index (χ3n) is 3.70. The van der Waals surface area contributed by atoms with Crippen molar-refractivity contribution < 1.29 is 22.7 Å². The molecule has 120 valence electrons. The molecule has 3 nitrogen and oxygen atoms in total. The molecule has 0 aromatic heterocycles. The van der Waals surface area contributed by atoms with Crippen LogP contribution in [0.2, 0.25) is 0 Å². The van der Waals surface area contributed by atoms with Crippen LogP contribution in [0.15, 0.2) is 30.9 Å². The van der Waals surface area contributed by atoms with Crippen molar-refractivity contribution >= 4 is 11.6 Å². The predicted octanol–water partition coefficient (Wildman–Crippen LogP) is 4.15. The summed E-state index contributed by atoms with van der Waals surface area (Å²) >= 11 is 0. The van der Waals surface area contributed by atoms with Crippen molar-refractivity contribution in [2.45, 2.75) is 31.6 Å². The molecule has 1 aliphatic rings. The van der Waals surface area contributed by atoms with E-state index in [1.54, 1.807) is 0 Å². The molecule has 0 heterocycles. The van der Waals surface area contributed by atoms with Crippen molar-refractivity contribution in [1.29, 1.82) is 0 Å². The Bertz CT molecular complexity index is 550. The van der Waals surface area contributed by atoms with Gasteiger partial charge in [-0.1, -0.05) is 6.58 Å². The van der Waals surface area contributed by atoms with E-state index < -0.39 is 17.6 Å². The van der Waals surface area contributed by atoms with Gasteiger partial charge in [0, 0.05) is 24.6 Å². The third kappa shape index (κ3) is 4.51. The van der Waals surface area contributed by atoms with E-state index in [-0.39, 0.29) is 31.1 Å². The molecule has 1 aromatic carbocycles. The van der Waals surface area contributed by atoms with Crippen LogP contribution in [-0.4, -0.2) is 18.4 Å². The summed E-state index contributed by atoms with van der Waals surface area (Å²) in [6.45, 7) is 3.52. The fourth-order valence-corrected chi connectivity index (χ4v) is 2.36. The monoisotopic (exact) mass is 313 g/mol. The molecule has 0 radical (unpaired) electrons. The van der Waals surface area contributed by atoms with E-state index >= 15 is 0 Å². The van der Waals surface area contributed by atoms with Crippen molar-refractivity contribution in [2.24, 2.45) is 5.92 Å². The van der Waals surface area contributed by atoms with Crippen LogP contribution in [0.4, 0.5) is 18.9 Å². The molecule has 1 aromatic rings. The summed E-state index contributed by atoms with van der Waals surface area (Å²) in [5, 5.41) is 2.44. The van der Waals surface area contributed by atoms with Gasteiger partial charge in [0.05, 0.1) is 6.61 Å². The Morgan fingerprint density at radius 3 is 2.68 bits per heavy atom. The number of rotatable bonds is 5. The van der Waals surface area contributed by atoms with Gasteiger partial charge in [-0.05, 0) is 37.0 Å². The molecule has 0 atom stereocenters. The highest BCUT2D eigenvalue weighted by atomic mass is 19.3. The SMILES string of the molecule is C=CC(=O)Nc1ccc(OCC2CCC(F)(F)CC2)c(F)c1. The van der Waals surface area contributed by atoms with Crippen LogP contribution in [0.25, 0.3) is 0 Å². The molecular weight excluding hydrogens is 295 g/mol. The minimum atomic E-state index is -2.58. The lowest BCUT2D eigenvalue weighted by molar-refractivity contribution is -0.111. The number of hydrogen-bond acceptors (Lipinski definition) is 2. The molecule has 1 amide bonds. The zero-order valence-corrected chi connectivity index (χ0v) is 12.1. The lowest BCUT2D eigenvalue weighted by Crippen LogP contribution is -2.27. The van der Waals surface area contributed by atoms with Crippen LogP contribution in [0.3, 0.4) is 0 Å². The summed E-state index contributed by atoms with van der Waals surface area (Å²) < 4.78 is 45.3. The number of halogens is 3. The largest absolute Gasteiger partial charge is 0.490 e. The molecule has 0 aliphatic heterocycles. The number of carbonyl (C=O) groups is 1. The molecule has 1 N–H and O–H groups in total. The van der Waals surface area contributed by atoms with Crippen molar-refractivity contribution in [1.82, 2.24) is 0 Å². The molecule has 0 bridgehead atoms. The highest BCUT2D eigenvalue weighted by molar-refractivity contribution is 5.98. The van der Waals surface area contributed by atoms with E-state index in [4.69, 9.17) is 4.74 Å². The van der Waals surface area contributed by atoms with Gasteiger partial charge in [0.2, 0.25) is 11.8 Å². The number of carbonyl (C=O) groups excluding carboxylic acids is 1. The molecule has 6 heteroatoms. The molecule has 0 unspecified atom stereocenters. The van der Waals surface area contributed by atoms with Gasteiger partial charge in [-0.2, -0.15) is 0 Å². The average Bonchev–Trinajstić information content (AvgIpc) is 2.47. The number of amides is 1. The van der Waals surface area contributed by atoms with Gasteiger partial charge >= 0.3 is 0 Å². The first-order valence-corrected chi connectivity index (χ1v) is 7.13. The van der Waals surface area contributed by atoms with E-state index in [2.05, 4.69) is 11.9 Å². The third-order valence-corrected chi connectivity index (χ3v) is 3.70. The standard InChI is InChI=1S/C16H18F3NO2/c1-2-15(21)20-12-3-4-14(13(17)9-12)22-10-11-5-7-16(18,19)8-6-11/h2-4,9,11H,1,5-8,10H2,(H,20,21). The van der Waals surface area contributed by atoms with E-state index in [1.165, 1.54) is 12.1 Å². The van der Waals surface area contributed by atoms with Crippen molar-refractivity contribution in [3.8, 4) is 5.75 Å². The average molecular weight is 313 g/mol. The maximum atomic E-state index is 13.9. The Kier molecular flexibility index (Phi) is 5.11. The molecule has 1 fully saturated rings. The van der Waals surface area contributed by atoms with Crippen LogP contribution in [-0.2, 0) is 4.79 Å². The minimum Gasteiger partial charge on any atom is -0.490 e. The van der Waals surface area contributed by atoms with Crippen LogP contribution >= 0.6 is 0 Å². The lowest BCUT2D eigenvalue weighted by atomic mass is 9.87. The smallest absolute Gasteiger partial charge is 0.248 e. The fourth-order valence-electron chi connectivity index (χ4n) is 2.36. The Hall–Kier alpha value is -1.98. The first-order chi connectivity index (χ1) is 10.4. The maximum absolute atomic E-state index is 13.9. The van der Waals surface area contributed by atoms with Crippen molar-refractivity contribution in [3.05, 3.63) is 36.7 Å². The molecular formula is C16H18F3NO2. The number of alkyl halides is 2. The van der Waals surface area contributed by atoms with Gasteiger partial charge in [-0.15, -0.1) is 0 Å². The summed E-state index contributed by atoms with van der Waals surface area (Å²) in [5.41, 5.74) is 0.298. The van der Waals surface area contributed by atoms with Crippen LogP contribution in [0.1, 0.15) is 25.7 Å². The highest BCUT2D eigenvalue weighted by Gasteiger charge is 2.35. The number of nitrogens with one attached hydrogen (secondary N) is 1. The molecule has 1 saturated carbocycles. The quantitative estimate of drug-likeness (QED) is 0.829. The normalized spacial score (nSPS) is 17.8. The van der Waals surface area contributed by atoms with Gasteiger partial charge < -0.3 is 10.1 Å². The van der Waals surface area contributed by atoms with Gasteiger partial charge in [0.25, 0.3) is 0 Å². The van der Waals surface area contributed by atoms with Crippen LogP contribution in [0, 0.1) is 11.7 Å². The van der Waals surface area contributed by atoms with Crippen molar-refractivity contribution in [2.75, 3.05) is 11.9 Å². The second-order valence-electron chi connectivity index (χ2n) is 5.45. The van der Waals surface area contributed by atoms with Gasteiger partial charge in [-0.3, -0.25) is 4.79 Å². The van der Waals surface area contributed by atoms with Crippen LogP contribution < -0.4 is 10.1 Å². The summed E-state index contributed by atoms with van der Waals surface area (Å²) in [4.78, 5) is 11.1. The molecule has 1 aliphatic carbocycles. The number of anilines is 1. The highest BCUT2D eigenvalue weighted by Crippen LogP contribution is 2.36. The minimum absolute atomic E-state index is 0.0131. The predicted molar refractivity (Wildman–Crippen MR) is 77.6 cm³/mol. The molecule has 0 saturated heterocycles. The zero-order valence-electron chi connectivity index (χ0n) is 12.1. The number of hydrogen-bond donors (Lipinski definition) is 1. The molecule has 0 spiro atoms. The van der Waals surface area contributed by atoms with Gasteiger partial charge in [0.1, 0.15) is 0 Å². The van der Waals surface area contributed by atoms with E-state index in [1.807, 2.05) is 0 Å². The number of ether oxygens (including phenoxy) is 1. The first kappa shape index (κ1) is 16.4. The topological polar surface area (TPSA) is 38.3 Å². The summed E-state index contributed by atoms with van der Waals surface area (Å²) in [7, 11) is 0. The summed E-state index contributed by atoms with van der Waals surface area (Å²) in [6, 6.07) is 4.06. The Balaban J connectivity index is 1.88. The Morgan fingerprint density at radius 2 is 2.09 bits per heavy atom. The second-order valence-corrected chi connectivity index (χ2v) is 5.45. The number of benzene rings is 1. The van der Waals surface area contributed by atoms with E-state index in [0.29, 0.717) is 18.5 Å². The second kappa shape index (κ2) is 6.85. The van der Waals surface area contributed by atoms with E-state index in [0.717, 1.165) is 12.1 Å². The lowest BCUT2D eigenvalue weighted by Gasteiger charge is -2.28. The summed E-state index contributed by atoms with van der Waals surface area (Å²) in [6.07, 6.45) is 1.55. The van der Waals surface area contributed by atoms with Crippen LogP contribution in [0.5, 0.6) is 5.75 Å². The molecule has 22 heavy (non-hydrogen) atoms. The summed E-state index contributed by atoms with van der Waals surface area (Å²) in [5.74, 6) is -3.56. The zero-order chi connectivity index (χ0) is 16.2. The first-order valence-electron chi connectivity index (χ1n) is 7.13. The maximum Gasteiger partial charge on any atom is 0.248 e. The Labute approximate surface area is 127 Å². The Morgan fingerprint density at radius 1 is 1.41 bits per heavy atom. The van der Waals surface area contributed by atoms with Crippen molar-refractivity contribution in [3.63, 3.8) is 0 Å². The van der Waals surface area contributed by atoms with Gasteiger partial charge in [0.15, 0.2) is 11.6 Å². The van der Waals surface area contributed by atoms with E-state index in [9.17, 15) is 18.0 Å². The van der Waals surface area contributed by atoms with Gasteiger partial charge in [-0.25, -0.2) is 13.2 Å². The molecule has 2 rings (SSSR count).